The Labute approximate surface area is 112 Å². The maximum Gasteiger partial charge on any atom is 0.389 e. The van der Waals surface area contributed by atoms with E-state index in [9.17, 15) is 17.6 Å². The Bertz CT molecular complexity index is 392. The van der Waals surface area contributed by atoms with Crippen LogP contribution in [0, 0.1) is 5.82 Å². The molecule has 1 rings (SSSR count). The summed E-state index contributed by atoms with van der Waals surface area (Å²) in [5.41, 5.74) is 0.639. The van der Waals surface area contributed by atoms with Crippen LogP contribution in [0.2, 0.25) is 0 Å². The van der Waals surface area contributed by atoms with Crippen LogP contribution >= 0.6 is 15.9 Å². The smallest absolute Gasteiger partial charge is 0.313 e. The molecule has 1 atom stereocenters. The van der Waals surface area contributed by atoms with Gasteiger partial charge in [0.05, 0.1) is 0 Å². The molecule has 0 radical (unpaired) electrons. The van der Waals surface area contributed by atoms with Crippen molar-refractivity contribution in [3.63, 3.8) is 0 Å². The van der Waals surface area contributed by atoms with Crippen LogP contribution in [0.25, 0.3) is 0 Å². The molecule has 0 bridgehead atoms. The monoisotopic (exact) mass is 327 g/mol. The molecule has 0 aromatic heterocycles. The molecule has 0 amide bonds. The van der Waals surface area contributed by atoms with Crippen molar-refractivity contribution in [1.82, 2.24) is 5.32 Å². The molecule has 1 unspecified atom stereocenters. The zero-order valence-electron chi connectivity index (χ0n) is 9.82. The van der Waals surface area contributed by atoms with Crippen LogP contribution in [0.1, 0.15) is 30.9 Å². The predicted octanol–water partition coefficient (Wildman–Crippen LogP) is 4.58. The van der Waals surface area contributed by atoms with Crippen LogP contribution in [0.4, 0.5) is 17.6 Å². The first kappa shape index (κ1) is 15.4. The van der Waals surface area contributed by atoms with Crippen LogP contribution in [-0.2, 0) is 0 Å². The minimum atomic E-state index is -4.14. The first-order valence-electron chi connectivity index (χ1n) is 5.52. The number of nitrogens with one attached hydrogen (secondary N) is 1. The average Bonchev–Trinajstić information content (AvgIpc) is 2.27. The summed E-state index contributed by atoms with van der Waals surface area (Å²) in [6.45, 7) is 0. The molecule has 0 aliphatic heterocycles. The van der Waals surface area contributed by atoms with Crippen molar-refractivity contribution in [1.29, 1.82) is 0 Å². The van der Waals surface area contributed by atoms with Gasteiger partial charge in [-0.2, -0.15) is 13.2 Å². The quantitative estimate of drug-likeness (QED) is 0.780. The van der Waals surface area contributed by atoms with E-state index in [2.05, 4.69) is 21.2 Å². The molecule has 1 N–H and O–H groups in total. The fourth-order valence-corrected chi connectivity index (χ4v) is 2.27. The molecule has 1 aromatic rings. The predicted molar refractivity (Wildman–Crippen MR) is 65.8 cm³/mol. The fraction of sp³-hybridized carbons (Fsp3) is 0.500. The van der Waals surface area contributed by atoms with E-state index in [1.54, 1.807) is 13.1 Å². The highest BCUT2D eigenvalue weighted by atomic mass is 79.9. The molecule has 0 spiro atoms. The maximum absolute atomic E-state index is 13.1. The van der Waals surface area contributed by atoms with Gasteiger partial charge in [0.2, 0.25) is 0 Å². The van der Waals surface area contributed by atoms with Gasteiger partial charge in [-0.15, -0.1) is 0 Å². The van der Waals surface area contributed by atoms with Gasteiger partial charge in [-0.25, -0.2) is 4.39 Å². The first-order chi connectivity index (χ1) is 8.33. The van der Waals surface area contributed by atoms with Gasteiger partial charge in [-0.05, 0) is 43.7 Å². The lowest BCUT2D eigenvalue weighted by molar-refractivity contribution is -0.135. The molecule has 1 aromatic carbocycles. The summed E-state index contributed by atoms with van der Waals surface area (Å²) in [5.74, 6) is -0.399. The Kier molecular flexibility index (Phi) is 5.59. The molecule has 18 heavy (non-hydrogen) atoms. The van der Waals surface area contributed by atoms with Crippen molar-refractivity contribution in [2.24, 2.45) is 0 Å². The number of benzene rings is 1. The second-order valence-electron chi connectivity index (χ2n) is 4.01. The summed E-state index contributed by atoms with van der Waals surface area (Å²) in [5, 5.41) is 2.91. The number of hydrogen-bond donors (Lipinski definition) is 1. The van der Waals surface area contributed by atoms with Crippen LogP contribution in [-0.4, -0.2) is 13.2 Å². The first-order valence-corrected chi connectivity index (χ1v) is 6.32. The van der Waals surface area contributed by atoms with Gasteiger partial charge in [0.25, 0.3) is 0 Å². The highest BCUT2D eigenvalue weighted by Crippen LogP contribution is 2.30. The fourth-order valence-electron chi connectivity index (χ4n) is 1.74. The Morgan fingerprint density at radius 3 is 2.56 bits per heavy atom. The molecule has 1 nitrogen and oxygen atoms in total. The highest BCUT2D eigenvalue weighted by molar-refractivity contribution is 9.10. The van der Waals surface area contributed by atoms with Gasteiger partial charge < -0.3 is 5.32 Å². The van der Waals surface area contributed by atoms with Crippen LogP contribution in [0.5, 0.6) is 0 Å². The van der Waals surface area contributed by atoms with Crippen LogP contribution in [0.15, 0.2) is 22.7 Å². The molecular formula is C12H14BrF4N. The van der Waals surface area contributed by atoms with Crippen molar-refractivity contribution in [3.05, 3.63) is 34.1 Å². The van der Waals surface area contributed by atoms with E-state index >= 15 is 0 Å². The summed E-state index contributed by atoms with van der Waals surface area (Å²) >= 11 is 3.27. The number of halogens is 5. The summed E-state index contributed by atoms with van der Waals surface area (Å²) in [7, 11) is 1.65. The Morgan fingerprint density at radius 1 is 1.33 bits per heavy atom. The van der Waals surface area contributed by atoms with Crippen molar-refractivity contribution in [2.45, 2.75) is 31.5 Å². The third-order valence-electron chi connectivity index (χ3n) is 2.63. The van der Waals surface area contributed by atoms with Crippen molar-refractivity contribution in [3.8, 4) is 0 Å². The maximum atomic E-state index is 13.1. The second kappa shape index (κ2) is 6.52. The van der Waals surface area contributed by atoms with E-state index < -0.39 is 18.4 Å². The molecule has 0 heterocycles. The molecule has 0 fully saturated rings. The Hall–Kier alpha value is -0.620. The van der Waals surface area contributed by atoms with E-state index in [0.717, 1.165) is 0 Å². The summed E-state index contributed by atoms with van der Waals surface area (Å²) in [4.78, 5) is 0. The molecule has 0 saturated carbocycles. The van der Waals surface area contributed by atoms with Gasteiger partial charge in [0.1, 0.15) is 5.82 Å². The van der Waals surface area contributed by atoms with Crippen molar-refractivity contribution < 1.29 is 17.6 Å². The van der Waals surface area contributed by atoms with E-state index in [-0.39, 0.29) is 12.5 Å². The number of rotatable bonds is 5. The lowest BCUT2D eigenvalue weighted by Gasteiger charge is -2.18. The van der Waals surface area contributed by atoms with E-state index in [1.807, 2.05) is 0 Å². The largest absolute Gasteiger partial charge is 0.389 e. The highest BCUT2D eigenvalue weighted by Gasteiger charge is 2.27. The normalized spacial score (nSPS) is 13.7. The molecule has 0 saturated heterocycles. The molecule has 0 aliphatic carbocycles. The Morgan fingerprint density at radius 2 is 2.00 bits per heavy atom. The van der Waals surface area contributed by atoms with Gasteiger partial charge in [0.15, 0.2) is 0 Å². The van der Waals surface area contributed by atoms with Crippen molar-refractivity contribution in [2.75, 3.05) is 7.05 Å². The zero-order valence-corrected chi connectivity index (χ0v) is 11.4. The third kappa shape index (κ3) is 4.94. The molecule has 6 heteroatoms. The lowest BCUT2D eigenvalue weighted by atomic mass is 10.0. The molecular weight excluding hydrogens is 314 g/mol. The van der Waals surface area contributed by atoms with Crippen molar-refractivity contribution >= 4 is 15.9 Å². The third-order valence-corrected chi connectivity index (χ3v) is 3.36. The summed E-state index contributed by atoms with van der Waals surface area (Å²) < 4.78 is 50.0. The van der Waals surface area contributed by atoms with Gasteiger partial charge in [0, 0.05) is 16.9 Å². The Balaban J connectivity index is 2.68. The topological polar surface area (TPSA) is 12.0 Å². The SMILES string of the molecule is CNC(CCCC(F)(F)F)c1cc(F)ccc1Br. The molecule has 102 valence electrons. The van der Waals surface area contributed by atoms with Crippen LogP contribution in [0.3, 0.4) is 0 Å². The van der Waals surface area contributed by atoms with Crippen LogP contribution < -0.4 is 5.32 Å². The van der Waals surface area contributed by atoms with Gasteiger partial charge >= 0.3 is 6.18 Å². The summed E-state index contributed by atoms with van der Waals surface area (Å²) in [6.07, 6.45) is -4.65. The average molecular weight is 328 g/mol. The van der Waals surface area contributed by atoms with Gasteiger partial charge in [-0.1, -0.05) is 15.9 Å². The van der Waals surface area contributed by atoms with Gasteiger partial charge in [-0.3, -0.25) is 0 Å². The van der Waals surface area contributed by atoms with E-state index in [4.69, 9.17) is 0 Å². The van der Waals surface area contributed by atoms with E-state index in [1.165, 1.54) is 12.1 Å². The van der Waals surface area contributed by atoms with E-state index in [0.29, 0.717) is 16.5 Å². The standard InChI is InChI=1S/C12H14BrF4N/c1-18-11(3-2-6-12(15,16)17)9-7-8(14)4-5-10(9)13/h4-5,7,11,18H,2-3,6H2,1H3. The summed E-state index contributed by atoms with van der Waals surface area (Å²) in [6, 6.07) is 3.89. The number of alkyl halides is 3. The zero-order chi connectivity index (χ0) is 13.8. The second-order valence-corrected chi connectivity index (χ2v) is 4.87. The number of hydrogen-bond acceptors (Lipinski definition) is 1. The molecule has 0 aliphatic rings. The lowest BCUT2D eigenvalue weighted by Crippen LogP contribution is -2.18. The minimum absolute atomic E-state index is 0.0119. The minimum Gasteiger partial charge on any atom is -0.313 e.